The molecule has 0 saturated heterocycles. The number of ether oxygens (including phenoxy) is 1. The summed E-state index contributed by atoms with van der Waals surface area (Å²) in [6.07, 6.45) is 5.48. The molecule has 2 aromatic carbocycles. The van der Waals surface area contributed by atoms with Crippen LogP contribution in [-0.4, -0.2) is 36.4 Å². The third-order valence-corrected chi connectivity index (χ3v) is 5.65. The van der Waals surface area contributed by atoms with Crippen molar-refractivity contribution in [2.24, 2.45) is 0 Å². The first-order valence-electron chi connectivity index (χ1n) is 11.6. The number of aromatic nitrogens is 5. The molecule has 5 rings (SSSR count). The van der Waals surface area contributed by atoms with E-state index in [1.165, 1.54) is 0 Å². The molecule has 5 aromatic rings. The van der Waals surface area contributed by atoms with E-state index in [0.717, 1.165) is 29.0 Å². The number of nitrogens with zero attached hydrogens (tertiary/aromatic N) is 5. The summed E-state index contributed by atoms with van der Waals surface area (Å²) in [5, 5.41) is 11.1. The fourth-order valence-corrected chi connectivity index (χ4v) is 3.92. The number of anilines is 1. The molecule has 0 spiro atoms. The van der Waals surface area contributed by atoms with Gasteiger partial charge < -0.3 is 15.4 Å². The lowest BCUT2D eigenvalue weighted by molar-refractivity contribution is 0.306. The number of nitrogens with one attached hydrogen (secondary N) is 2. The summed E-state index contributed by atoms with van der Waals surface area (Å²) in [5.74, 6) is 1.44. The number of pyridine rings is 1. The van der Waals surface area contributed by atoms with Crippen molar-refractivity contribution in [2.45, 2.75) is 20.1 Å². The number of benzene rings is 2. The average molecular weight is 496 g/mol. The van der Waals surface area contributed by atoms with Crippen LogP contribution in [0.1, 0.15) is 18.1 Å². The maximum Gasteiger partial charge on any atom is 0.180 e. The summed E-state index contributed by atoms with van der Waals surface area (Å²) in [6, 6.07) is 21.9. The molecule has 0 atom stereocenters. The van der Waals surface area contributed by atoms with E-state index in [9.17, 15) is 0 Å². The maximum absolute atomic E-state index is 5.96. The predicted octanol–water partition coefficient (Wildman–Crippen LogP) is 4.82. The first kappa shape index (κ1) is 23.4. The molecule has 2 N–H and O–H groups in total. The number of thiocarbonyl (C=S) groups is 1. The highest BCUT2D eigenvalue weighted by Crippen LogP contribution is 2.21. The second-order valence-electron chi connectivity index (χ2n) is 8.13. The molecule has 3 aromatic heterocycles. The lowest BCUT2D eigenvalue weighted by Crippen LogP contribution is -2.28. The van der Waals surface area contributed by atoms with Gasteiger partial charge in [0.25, 0.3) is 0 Å². The molecule has 36 heavy (non-hydrogen) atoms. The van der Waals surface area contributed by atoms with Gasteiger partial charge in [0.05, 0.1) is 24.6 Å². The van der Waals surface area contributed by atoms with Crippen LogP contribution in [0.3, 0.4) is 0 Å². The molecule has 0 fully saturated rings. The highest BCUT2D eigenvalue weighted by Gasteiger charge is 2.09. The van der Waals surface area contributed by atoms with E-state index in [2.05, 4.69) is 43.9 Å². The van der Waals surface area contributed by atoms with E-state index in [1.807, 2.05) is 66.3 Å². The van der Waals surface area contributed by atoms with E-state index < -0.39 is 0 Å². The molecular formula is C27H25N7OS. The lowest BCUT2D eigenvalue weighted by Gasteiger charge is -2.09. The lowest BCUT2D eigenvalue weighted by atomic mass is 10.2. The van der Waals surface area contributed by atoms with E-state index in [0.29, 0.717) is 40.9 Å². The second-order valence-corrected chi connectivity index (χ2v) is 8.54. The molecule has 0 saturated carbocycles. The summed E-state index contributed by atoms with van der Waals surface area (Å²) >= 11 is 5.24. The van der Waals surface area contributed by atoms with Crippen LogP contribution in [0, 0.1) is 0 Å². The molecule has 0 aliphatic rings. The van der Waals surface area contributed by atoms with E-state index in [-0.39, 0.29) is 0 Å². The Bertz CT molecular complexity index is 1490. The summed E-state index contributed by atoms with van der Waals surface area (Å²) < 4.78 is 7.83. The number of rotatable bonds is 8. The van der Waals surface area contributed by atoms with Gasteiger partial charge in [0, 0.05) is 18.3 Å². The van der Waals surface area contributed by atoms with E-state index >= 15 is 0 Å². The fraction of sp³-hybridized carbons (Fsp3) is 0.148. The van der Waals surface area contributed by atoms with Crippen molar-refractivity contribution >= 4 is 34.3 Å². The number of hydrogen-bond donors (Lipinski definition) is 2. The molecule has 0 bridgehead atoms. The minimum absolute atomic E-state index is 0.518. The smallest absolute Gasteiger partial charge is 0.180 e. The van der Waals surface area contributed by atoms with Gasteiger partial charge in [0.1, 0.15) is 23.7 Å². The van der Waals surface area contributed by atoms with Crippen LogP contribution >= 0.6 is 12.2 Å². The largest absolute Gasteiger partial charge is 0.489 e. The van der Waals surface area contributed by atoms with Crippen LogP contribution < -0.4 is 15.4 Å². The Kier molecular flexibility index (Phi) is 7.09. The van der Waals surface area contributed by atoms with Crippen molar-refractivity contribution in [3.8, 4) is 17.0 Å². The van der Waals surface area contributed by atoms with Gasteiger partial charge in [-0.2, -0.15) is 5.10 Å². The maximum atomic E-state index is 5.96. The SMILES string of the molecule is CCNC(=S)Nc1ccc2ncc(-c3cnn(Cc4cccc(OCc5ccccc5)c4)c3)nc2n1. The molecule has 180 valence electrons. The van der Waals surface area contributed by atoms with Crippen molar-refractivity contribution in [3.63, 3.8) is 0 Å². The van der Waals surface area contributed by atoms with Gasteiger partial charge in [-0.1, -0.05) is 42.5 Å². The van der Waals surface area contributed by atoms with Crippen molar-refractivity contribution in [3.05, 3.63) is 96.4 Å². The number of hydrogen-bond acceptors (Lipinski definition) is 6. The van der Waals surface area contributed by atoms with E-state index in [4.69, 9.17) is 21.9 Å². The molecule has 0 aliphatic carbocycles. The van der Waals surface area contributed by atoms with Crippen molar-refractivity contribution < 1.29 is 4.74 Å². The van der Waals surface area contributed by atoms with Gasteiger partial charge in [-0.15, -0.1) is 0 Å². The zero-order valence-corrected chi connectivity index (χ0v) is 20.6. The van der Waals surface area contributed by atoms with Crippen LogP contribution in [0.4, 0.5) is 5.82 Å². The van der Waals surface area contributed by atoms with E-state index in [1.54, 1.807) is 12.4 Å². The molecule has 0 unspecified atom stereocenters. The highest BCUT2D eigenvalue weighted by atomic mass is 32.1. The minimum Gasteiger partial charge on any atom is -0.489 e. The monoisotopic (exact) mass is 495 g/mol. The second kappa shape index (κ2) is 10.9. The minimum atomic E-state index is 0.518. The normalized spacial score (nSPS) is 10.8. The summed E-state index contributed by atoms with van der Waals surface area (Å²) in [5.41, 5.74) is 5.03. The Labute approximate surface area is 214 Å². The Morgan fingerprint density at radius 3 is 2.69 bits per heavy atom. The van der Waals surface area contributed by atoms with Gasteiger partial charge >= 0.3 is 0 Å². The molecule has 3 heterocycles. The fourth-order valence-electron chi connectivity index (χ4n) is 3.67. The van der Waals surface area contributed by atoms with Crippen LogP contribution in [0.5, 0.6) is 5.75 Å². The Balaban J connectivity index is 1.28. The quantitative estimate of drug-likeness (QED) is 0.296. The van der Waals surface area contributed by atoms with Crippen molar-refractivity contribution in [1.82, 2.24) is 30.0 Å². The third kappa shape index (κ3) is 5.81. The highest BCUT2D eigenvalue weighted by molar-refractivity contribution is 7.80. The average Bonchev–Trinajstić information content (AvgIpc) is 3.36. The molecular weight excluding hydrogens is 470 g/mol. The zero-order chi connectivity index (χ0) is 24.7. The van der Waals surface area contributed by atoms with Crippen LogP contribution in [0.25, 0.3) is 22.4 Å². The van der Waals surface area contributed by atoms with Gasteiger partial charge in [0.2, 0.25) is 0 Å². The molecule has 8 nitrogen and oxygen atoms in total. The number of fused-ring (bicyclic) bond motifs is 1. The third-order valence-electron chi connectivity index (χ3n) is 5.41. The first-order chi connectivity index (χ1) is 17.7. The van der Waals surface area contributed by atoms with Gasteiger partial charge in [0.15, 0.2) is 10.8 Å². The summed E-state index contributed by atoms with van der Waals surface area (Å²) in [6.45, 7) is 3.86. The molecule has 9 heteroatoms. The molecule has 0 amide bonds. The first-order valence-corrected chi connectivity index (χ1v) is 12.0. The van der Waals surface area contributed by atoms with Crippen molar-refractivity contribution in [2.75, 3.05) is 11.9 Å². The van der Waals surface area contributed by atoms with Crippen LogP contribution in [0.2, 0.25) is 0 Å². The Morgan fingerprint density at radius 2 is 1.83 bits per heavy atom. The Hall–Kier alpha value is -4.37. The van der Waals surface area contributed by atoms with Crippen molar-refractivity contribution in [1.29, 1.82) is 0 Å². The topological polar surface area (TPSA) is 89.8 Å². The standard InChI is InChI=1S/C27H25N7OS/c1-2-28-27(36)33-25-12-11-23-26(32-25)31-24(15-29-23)21-14-30-34(17-21)16-20-9-6-10-22(13-20)35-18-19-7-4-3-5-8-19/h3-15,17H,2,16,18H2,1H3,(H2,28,31,32,33,36). The summed E-state index contributed by atoms with van der Waals surface area (Å²) in [4.78, 5) is 13.8. The van der Waals surface area contributed by atoms with Crippen LogP contribution in [-0.2, 0) is 13.2 Å². The van der Waals surface area contributed by atoms with Gasteiger partial charge in [-0.25, -0.2) is 9.97 Å². The Morgan fingerprint density at radius 1 is 0.972 bits per heavy atom. The molecule has 0 radical (unpaired) electrons. The predicted molar refractivity (Wildman–Crippen MR) is 145 cm³/mol. The molecule has 0 aliphatic heterocycles. The van der Waals surface area contributed by atoms with Gasteiger partial charge in [-0.05, 0) is 54.5 Å². The van der Waals surface area contributed by atoms with Gasteiger partial charge in [-0.3, -0.25) is 9.67 Å². The zero-order valence-electron chi connectivity index (χ0n) is 19.8. The van der Waals surface area contributed by atoms with Crippen LogP contribution in [0.15, 0.2) is 85.3 Å². The summed E-state index contributed by atoms with van der Waals surface area (Å²) in [7, 11) is 0.